The van der Waals surface area contributed by atoms with E-state index < -0.39 is 17.5 Å². The molecule has 1 aromatic carbocycles. The molecular formula is C13H15F3N2O. The lowest BCUT2D eigenvalue weighted by molar-refractivity contribution is -0.123. The predicted molar refractivity (Wildman–Crippen MR) is 63.8 cm³/mol. The van der Waals surface area contributed by atoms with E-state index >= 15 is 0 Å². The average Bonchev–Trinajstić information content (AvgIpc) is 2.45. The van der Waals surface area contributed by atoms with Crippen molar-refractivity contribution in [1.29, 1.82) is 0 Å². The summed E-state index contributed by atoms with van der Waals surface area (Å²) in [5.74, 6) is -4.25. The number of amides is 1. The molecule has 104 valence electrons. The van der Waals surface area contributed by atoms with Crippen LogP contribution in [0.15, 0.2) is 12.1 Å². The molecule has 19 heavy (non-hydrogen) atoms. The fourth-order valence-electron chi connectivity index (χ4n) is 2.08. The van der Waals surface area contributed by atoms with Crippen molar-refractivity contribution >= 4 is 5.91 Å². The number of rotatable bonds is 3. The Kier molecular flexibility index (Phi) is 4.42. The number of carbonyl (C=O) groups is 1. The van der Waals surface area contributed by atoms with Crippen molar-refractivity contribution in [2.45, 2.75) is 31.8 Å². The summed E-state index contributed by atoms with van der Waals surface area (Å²) in [6.45, 7) is 0.623. The van der Waals surface area contributed by atoms with Gasteiger partial charge in [0.05, 0.1) is 6.04 Å². The van der Waals surface area contributed by atoms with Gasteiger partial charge in [0.15, 0.2) is 17.5 Å². The molecule has 1 aromatic rings. The molecule has 0 saturated carbocycles. The zero-order valence-electron chi connectivity index (χ0n) is 10.3. The van der Waals surface area contributed by atoms with Crippen LogP contribution in [0.4, 0.5) is 13.2 Å². The third-order valence-corrected chi connectivity index (χ3v) is 3.20. The van der Waals surface area contributed by atoms with Gasteiger partial charge in [-0.15, -0.1) is 0 Å². The number of hydrogen-bond donors (Lipinski definition) is 2. The van der Waals surface area contributed by atoms with Crippen molar-refractivity contribution < 1.29 is 18.0 Å². The van der Waals surface area contributed by atoms with Gasteiger partial charge >= 0.3 is 0 Å². The molecule has 0 bridgehead atoms. The molecule has 1 saturated heterocycles. The SMILES string of the molecule is O=C(NCc1ccc(F)c(F)c1F)C1CCCCN1. The highest BCUT2D eigenvalue weighted by atomic mass is 19.2. The Morgan fingerprint density at radius 2 is 2.05 bits per heavy atom. The van der Waals surface area contributed by atoms with Crippen LogP contribution in [-0.2, 0) is 11.3 Å². The summed E-state index contributed by atoms with van der Waals surface area (Å²) in [5, 5.41) is 5.58. The van der Waals surface area contributed by atoms with Crippen LogP contribution >= 0.6 is 0 Å². The Labute approximate surface area is 109 Å². The quantitative estimate of drug-likeness (QED) is 0.825. The van der Waals surface area contributed by atoms with Gasteiger partial charge < -0.3 is 10.6 Å². The lowest BCUT2D eigenvalue weighted by atomic mass is 10.0. The molecule has 2 rings (SSSR count). The van der Waals surface area contributed by atoms with Crippen LogP contribution < -0.4 is 10.6 Å². The topological polar surface area (TPSA) is 41.1 Å². The summed E-state index contributed by atoms with van der Waals surface area (Å²) in [7, 11) is 0. The molecule has 1 aliphatic heterocycles. The summed E-state index contributed by atoms with van der Waals surface area (Å²) in [4.78, 5) is 11.8. The van der Waals surface area contributed by atoms with E-state index in [1.54, 1.807) is 0 Å². The van der Waals surface area contributed by atoms with Gasteiger partial charge in [-0.1, -0.05) is 12.5 Å². The van der Waals surface area contributed by atoms with Gasteiger partial charge in [0.1, 0.15) is 0 Å². The number of benzene rings is 1. The van der Waals surface area contributed by atoms with E-state index in [2.05, 4.69) is 10.6 Å². The molecule has 1 aliphatic rings. The minimum absolute atomic E-state index is 0.0666. The van der Waals surface area contributed by atoms with Crippen LogP contribution in [0.2, 0.25) is 0 Å². The van der Waals surface area contributed by atoms with E-state index in [0.717, 1.165) is 37.9 Å². The maximum Gasteiger partial charge on any atom is 0.237 e. The smallest absolute Gasteiger partial charge is 0.237 e. The van der Waals surface area contributed by atoms with Gasteiger partial charge in [0.2, 0.25) is 5.91 Å². The van der Waals surface area contributed by atoms with Gasteiger partial charge in [0.25, 0.3) is 0 Å². The standard InChI is InChI=1S/C13H15F3N2O/c14-9-5-4-8(11(15)12(9)16)7-18-13(19)10-3-1-2-6-17-10/h4-5,10,17H,1-3,6-7H2,(H,18,19). The maximum atomic E-state index is 13.4. The van der Waals surface area contributed by atoms with E-state index in [4.69, 9.17) is 0 Å². The second-order valence-corrected chi connectivity index (χ2v) is 4.55. The predicted octanol–water partition coefficient (Wildman–Crippen LogP) is 1.86. The first-order valence-electron chi connectivity index (χ1n) is 6.23. The second kappa shape index (κ2) is 6.06. The molecule has 6 heteroatoms. The molecule has 0 spiro atoms. The van der Waals surface area contributed by atoms with E-state index in [9.17, 15) is 18.0 Å². The number of carbonyl (C=O) groups excluding carboxylic acids is 1. The average molecular weight is 272 g/mol. The lowest BCUT2D eigenvalue weighted by Crippen LogP contribution is -2.46. The minimum Gasteiger partial charge on any atom is -0.351 e. The monoisotopic (exact) mass is 272 g/mol. The number of piperidine rings is 1. The Morgan fingerprint density at radius 1 is 1.26 bits per heavy atom. The second-order valence-electron chi connectivity index (χ2n) is 4.55. The zero-order chi connectivity index (χ0) is 13.8. The molecule has 1 unspecified atom stereocenters. The Morgan fingerprint density at radius 3 is 2.74 bits per heavy atom. The number of halogens is 3. The zero-order valence-corrected chi connectivity index (χ0v) is 10.3. The fraction of sp³-hybridized carbons (Fsp3) is 0.462. The molecule has 1 heterocycles. The summed E-state index contributed by atoms with van der Waals surface area (Å²) in [6.07, 6.45) is 2.72. The van der Waals surface area contributed by atoms with Gasteiger partial charge in [-0.2, -0.15) is 0 Å². The first-order chi connectivity index (χ1) is 9.09. The molecular weight excluding hydrogens is 257 g/mol. The Bertz CT molecular complexity index is 473. The molecule has 0 aromatic heterocycles. The summed E-state index contributed by atoms with van der Waals surface area (Å²) in [6, 6.07) is 1.68. The van der Waals surface area contributed by atoms with Crippen LogP contribution in [0.1, 0.15) is 24.8 Å². The third-order valence-electron chi connectivity index (χ3n) is 3.20. The highest BCUT2D eigenvalue weighted by molar-refractivity contribution is 5.81. The highest BCUT2D eigenvalue weighted by Crippen LogP contribution is 2.15. The Balaban J connectivity index is 1.95. The van der Waals surface area contributed by atoms with Gasteiger partial charge in [-0.25, -0.2) is 13.2 Å². The van der Waals surface area contributed by atoms with Crippen molar-refractivity contribution in [2.24, 2.45) is 0 Å². The fourth-order valence-corrected chi connectivity index (χ4v) is 2.08. The Hall–Kier alpha value is -1.56. The van der Waals surface area contributed by atoms with Crippen molar-refractivity contribution in [2.75, 3.05) is 6.54 Å². The van der Waals surface area contributed by atoms with Crippen molar-refractivity contribution in [3.05, 3.63) is 35.1 Å². The molecule has 0 radical (unpaired) electrons. The molecule has 2 N–H and O–H groups in total. The number of nitrogens with one attached hydrogen (secondary N) is 2. The van der Waals surface area contributed by atoms with Crippen LogP contribution in [0, 0.1) is 17.5 Å². The maximum absolute atomic E-state index is 13.4. The molecule has 1 atom stereocenters. The van der Waals surface area contributed by atoms with Gasteiger partial charge in [-0.05, 0) is 25.5 Å². The van der Waals surface area contributed by atoms with Crippen molar-refractivity contribution in [1.82, 2.24) is 10.6 Å². The summed E-state index contributed by atoms with van der Waals surface area (Å²) in [5.41, 5.74) is -0.0666. The summed E-state index contributed by atoms with van der Waals surface area (Å²) < 4.78 is 39.1. The van der Waals surface area contributed by atoms with E-state index in [-0.39, 0.29) is 24.1 Å². The molecule has 1 amide bonds. The highest BCUT2D eigenvalue weighted by Gasteiger charge is 2.21. The number of hydrogen-bond acceptors (Lipinski definition) is 2. The first kappa shape index (κ1) is 13.9. The summed E-state index contributed by atoms with van der Waals surface area (Å²) >= 11 is 0. The van der Waals surface area contributed by atoms with Crippen LogP contribution in [-0.4, -0.2) is 18.5 Å². The van der Waals surface area contributed by atoms with Crippen molar-refractivity contribution in [3.8, 4) is 0 Å². The van der Waals surface area contributed by atoms with Crippen LogP contribution in [0.5, 0.6) is 0 Å². The van der Waals surface area contributed by atoms with Gasteiger partial charge in [-0.3, -0.25) is 4.79 Å². The van der Waals surface area contributed by atoms with Crippen LogP contribution in [0.25, 0.3) is 0 Å². The normalized spacial score (nSPS) is 19.2. The van der Waals surface area contributed by atoms with E-state index in [1.807, 2.05) is 0 Å². The van der Waals surface area contributed by atoms with E-state index in [1.165, 1.54) is 0 Å². The van der Waals surface area contributed by atoms with E-state index in [0.29, 0.717) is 0 Å². The van der Waals surface area contributed by atoms with Crippen molar-refractivity contribution in [3.63, 3.8) is 0 Å². The minimum atomic E-state index is -1.51. The van der Waals surface area contributed by atoms with Crippen LogP contribution in [0.3, 0.4) is 0 Å². The van der Waals surface area contributed by atoms with Gasteiger partial charge in [0, 0.05) is 12.1 Å². The largest absolute Gasteiger partial charge is 0.351 e. The molecule has 3 nitrogen and oxygen atoms in total. The molecule has 1 fully saturated rings. The lowest BCUT2D eigenvalue weighted by Gasteiger charge is -2.22. The first-order valence-corrected chi connectivity index (χ1v) is 6.23. The third kappa shape index (κ3) is 3.26. The molecule has 0 aliphatic carbocycles.